The Bertz CT molecular complexity index is 54.9. The van der Waals surface area contributed by atoms with Crippen molar-refractivity contribution >= 4 is 0 Å². The number of hydrogen-bond donors (Lipinski definition) is 1. The minimum Gasteiger partial charge on any atom is -0.375 e. The Morgan fingerprint density at radius 2 is 2.22 bits per heavy atom. The summed E-state index contributed by atoms with van der Waals surface area (Å²) in [6, 6.07) is 0.432. The lowest BCUT2D eigenvalue weighted by molar-refractivity contribution is -0.421. The van der Waals surface area contributed by atoms with Crippen LogP contribution < -0.4 is 5.73 Å². The van der Waals surface area contributed by atoms with Crippen LogP contribution in [0.15, 0.2) is 0 Å². The van der Waals surface area contributed by atoms with E-state index >= 15 is 0 Å². The van der Waals surface area contributed by atoms with E-state index in [2.05, 4.69) is 19.6 Å². The van der Waals surface area contributed by atoms with Crippen LogP contribution in [0.25, 0.3) is 0 Å². The van der Waals surface area contributed by atoms with Crippen molar-refractivity contribution in [3.8, 4) is 0 Å². The fourth-order valence-electron chi connectivity index (χ4n) is 0.531. The van der Waals surface area contributed by atoms with Gasteiger partial charge in [-0.15, -0.1) is 0 Å². The number of quaternary nitrogens is 1. The summed E-state index contributed by atoms with van der Waals surface area (Å²) in [4.78, 5) is 0. The molecule has 0 aromatic rings. The molecular weight excluding hydrogens is 114 g/mol. The van der Waals surface area contributed by atoms with Crippen LogP contribution in [0, 0.1) is 0 Å². The Morgan fingerprint density at radius 3 is 2.67 bits per heavy atom. The molecule has 2 heteroatoms. The molecule has 0 aromatic heterocycles. The average molecular weight is 132 g/mol. The van der Waals surface area contributed by atoms with Gasteiger partial charge in [0.2, 0.25) is 0 Å². The molecule has 0 spiro atoms. The van der Waals surface area contributed by atoms with Gasteiger partial charge in [0.1, 0.15) is 6.04 Å². The van der Waals surface area contributed by atoms with Crippen molar-refractivity contribution in [2.75, 3.05) is 13.2 Å². The molecule has 0 rings (SSSR count). The van der Waals surface area contributed by atoms with E-state index in [4.69, 9.17) is 4.74 Å². The number of hydrogen-bond acceptors (Lipinski definition) is 1. The number of unbranched alkanes of at least 4 members (excludes halogenated alkanes) is 1. The first-order valence-electron chi connectivity index (χ1n) is 3.68. The fourth-order valence-corrected chi connectivity index (χ4v) is 0.531. The predicted octanol–water partition coefficient (Wildman–Crippen LogP) is 0.433. The van der Waals surface area contributed by atoms with E-state index < -0.39 is 0 Å². The van der Waals surface area contributed by atoms with Crippen LogP contribution in [-0.4, -0.2) is 19.3 Å². The minimum absolute atomic E-state index is 0.432. The third-order valence-electron chi connectivity index (χ3n) is 1.04. The second-order valence-corrected chi connectivity index (χ2v) is 2.53. The topological polar surface area (TPSA) is 36.9 Å². The minimum atomic E-state index is 0.432. The second-order valence-electron chi connectivity index (χ2n) is 2.53. The number of ether oxygens (including phenoxy) is 1. The summed E-state index contributed by atoms with van der Waals surface area (Å²) in [7, 11) is 0. The maximum absolute atomic E-state index is 5.27. The van der Waals surface area contributed by atoms with E-state index in [0.29, 0.717) is 6.04 Å². The molecule has 0 aliphatic rings. The molecule has 0 saturated carbocycles. The molecule has 0 heterocycles. The van der Waals surface area contributed by atoms with E-state index in [9.17, 15) is 0 Å². The molecule has 56 valence electrons. The van der Waals surface area contributed by atoms with Gasteiger partial charge < -0.3 is 10.5 Å². The Kier molecular flexibility index (Phi) is 5.99. The summed E-state index contributed by atoms with van der Waals surface area (Å²) in [5.41, 5.74) is 3.81. The Hall–Kier alpha value is -0.0800. The SMILES string of the molecule is CCCCOCC(C)[NH3+]. The van der Waals surface area contributed by atoms with Gasteiger partial charge in [0.25, 0.3) is 0 Å². The summed E-state index contributed by atoms with van der Waals surface area (Å²) >= 11 is 0. The molecule has 1 unspecified atom stereocenters. The summed E-state index contributed by atoms with van der Waals surface area (Å²) in [5, 5.41) is 0. The highest BCUT2D eigenvalue weighted by molar-refractivity contribution is 4.39. The highest BCUT2D eigenvalue weighted by Crippen LogP contribution is 1.87. The van der Waals surface area contributed by atoms with Crippen molar-refractivity contribution in [3.05, 3.63) is 0 Å². The van der Waals surface area contributed by atoms with Gasteiger partial charge in [-0.25, -0.2) is 0 Å². The van der Waals surface area contributed by atoms with Crippen molar-refractivity contribution in [2.45, 2.75) is 32.7 Å². The van der Waals surface area contributed by atoms with Crippen LogP contribution in [0.5, 0.6) is 0 Å². The molecule has 0 saturated heterocycles. The van der Waals surface area contributed by atoms with E-state index in [-0.39, 0.29) is 0 Å². The lowest BCUT2D eigenvalue weighted by Crippen LogP contribution is -2.61. The van der Waals surface area contributed by atoms with Crippen molar-refractivity contribution in [3.63, 3.8) is 0 Å². The predicted molar refractivity (Wildman–Crippen MR) is 38.1 cm³/mol. The quantitative estimate of drug-likeness (QED) is 0.541. The van der Waals surface area contributed by atoms with Crippen LogP contribution in [0.1, 0.15) is 26.7 Å². The van der Waals surface area contributed by atoms with E-state index in [1.165, 1.54) is 12.8 Å². The molecule has 1 atom stereocenters. The molecule has 3 N–H and O–H groups in total. The third-order valence-corrected chi connectivity index (χ3v) is 1.04. The maximum Gasteiger partial charge on any atom is 0.105 e. The molecule has 0 amide bonds. The molecule has 0 aliphatic heterocycles. The van der Waals surface area contributed by atoms with E-state index in [1.807, 2.05) is 0 Å². The first-order valence-corrected chi connectivity index (χ1v) is 3.68. The monoisotopic (exact) mass is 132 g/mol. The van der Waals surface area contributed by atoms with E-state index in [1.54, 1.807) is 0 Å². The summed E-state index contributed by atoms with van der Waals surface area (Å²) < 4.78 is 5.27. The van der Waals surface area contributed by atoms with Crippen molar-refractivity contribution in [1.82, 2.24) is 0 Å². The summed E-state index contributed by atoms with van der Waals surface area (Å²) in [5.74, 6) is 0. The lowest BCUT2D eigenvalue weighted by atomic mass is 10.3. The van der Waals surface area contributed by atoms with Crippen molar-refractivity contribution in [2.24, 2.45) is 0 Å². The van der Waals surface area contributed by atoms with Crippen molar-refractivity contribution < 1.29 is 10.5 Å². The smallest absolute Gasteiger partial charge is 0.105 e. The molecule has 9 heavy (non-hydrogen) atoms. The van der Waals surface area contributed by atoms with Crippen LogP contribution in [-0.2, 0) is 4.74 Å². The molecule has 0 aromatic carbocycles. The van der Waals surface area contributed by atoms with Gasteiger partial charge in [-0.05, 0) is 13.3 Å². The van der Waals surface area contributed by atoms with Gasteiger partial charge >= 0.3 is 0 Å². The normalized spacial score (nSPS) is 13.7. The van der Waals surface area contributed by atoms with Gasteiger partial charge in [-0.1, -0.05) is 13.3 Å². The van der Waals surface area contributed by atoms with Gasteiger partial charge in [0.05, 0.1) is 6.61 Å². The zero-order valence-electron chi connectivity index (χ0n) is 6.52. The maximum atomic E-state index is 5.27. The summed E-state index contributed by atoms with van der Waals surface area (Å²) in [6.45, 7) is 5.93. The zero-order chi connectivity index (χ0) is 7.11. The molecule has 0 fully saturated rings. The first-order chi connectivity index (χ1) is 4.27. The van der Waals surface area contributed by atoms with Crippen molar-refractivity contribution in [1.29, 1.82) is 0 Å². The van der Waals surface area contributed by atoms with Crippen LogP contribution >= 0.6 is 0 Å². The van der Waals surface area contributed by atoms with Gasteiger partial charge in [-0.2, -0.15) is 0 Å². The summed E-state index contributed by atoms with van der Waals surface area (Å²) in [6.07, 6.45) is 2.39. The molecule has 2 nitrogen and oxygen atoms in total. The Morgan fingerprint density at radius 1 is 1.56 bits per heavy atom. The largest absolute Gasteiger partial charge is 0.375 e. The molecule has 0 aliphatic carbocycles. The first kappa shape index (κ1) is 8.92. The van der Waals surface area contributed by atoms with Crippen LogP contribution in [0.4, 0.5) is 0 Å². The van der Waals surface area contributed by atoms with E-state index in [0.717, 1.165) is 13.2 Å². The molecular formula is C7H18NO+. The zero-order valence-corrected chi connectivity index (χ0v) is 6.52. The van der Waals surface area contributed by atoms with Crippen LogP contribution in [0.3, 0.4) is 0 Å². The Balaban J connectivity index is 2.75. The van der Waals surface area contributed by atoms with Gasteiger partial charge in [0.15, 0.2) is 0 Å². The standard InChI is InChI=1S/C7H17NO/c1-3-4-5-9-6-7(2)8/h7H,3-6,8H2,1-2H3/p+1. The third kappa shape index (κ3) is 7.92. The fraction of sp³-hybridized carbons (Fsp3) is 1.00. The van der Waals surface area contributed by atoms with Gasteiger partial charge in [0, 0.05) is 6.61 Å². The lowest BCUT2D eigenvalue weighted by Gasteiger charge is -2.02. The highest BCUT2D eigenvalue weighted by Gasteiger charge is 1.94. The van der Waals surface area contributed by atoms with Gasteiger partial charge in [-0.3, -0.25) is 0 Å². The Labute approximate surface area is 57.4 Å². The second kappa shape index (κ2) is 6.05. The highest BCUT2D eigenvalue weighted by atomic mass is 16.5. The van der Waals surface area contributed by atoms with Crippen LogP contribution in [0.2, 0.25) is 0 Å². The number of rotatable bonds is 5. The molecule has 0 radical (unpaired) electrons. The molecule has 0 bridgehead atoms. The average Bonchev–Trinajstić information content (AvgIpc) is 1.80.